The number of fused-ring (bicyclic) bond motifs is 2. The van der Waals surface area contributed by atoms with Crippen molar-refractivity contribution < 1.29 is 13.2 Å². The van der Waals surface area contributed by atoms with E-state index < -0.39 is 16.2 Å². The Morgan fingerprint density at radius 3 is 2.48 bits per heavy atom. The number of anilines is 1. The van der Waals surface area contributed by atoms with E-state index in [1.54, 1.807) is 18.2 Å². The van der Waals surface area contributed by atoms with Gasteiger partial charge in [-0.1, -0.05) is 66.7 Å². The molecule has 2 aliphatic heterocycles. The summed E-state index contributed by atoms with van der Waals surface area (Å²) in [6.45, 7) is 0.537. The van der Waals surface area contributed by atoms with Crippen molar-refractivity contribution in [2.75, 3.05) is 11.9 Å². The lowest BCUT2D eigenvalue weighted by atomic mass is 9.88. The van der Waals surface area contributed by atoms with E-state index in [0.29, 0.717) is 18.7 Å². The molecule has 2 unspecified atom stereocenters. The van der Waals surface area contributed by atoms with Crippen molar-refractivity contribution in [3.63, 3.8) is 0 Å². The van der Waals surface area contributed by atoms with Gasteiger partial charge in [-0.3, -0.25) is 4.79 Å². The van der Waals surface area contributed by atoms with Gasteiger partial charge < -0.3 is 10.2 Å². The number of hydrogen-bond donors (Lipinski definition) is 2. The third kappa shape index (κ3) is 3.71. The third-order valence-corrected chi connectivity index (χ3v) is 7.44. The normalized spacial score (nSPS) is 21.5. The van der Waals surface area contributed by atoms with Crippen LogP contribution in [0.15, 0.2) is 83.8 Å². The zero-order chi connectivity index (χ0) is 21.4. The van der Waals surface area contributed by atoms with Gasteiger partial charge in [-0.25, -0.2) is 8.42 Å². The van der Waals surface area contributed by atoms with E-state index in [0.717, 1.165) is 17.5 Å². The fourth-order valence-electron chi connectivity index (χ4n) is 4.47. The predicted molar refractivity (Wildman–Crippen MR) is 119 cm³/mol. The van der Waals surface area contributed by atoms with Gasteiger partial charge in [0.15, 0.2) is 6.17 Å². The number of para-hydroxylation sites is 1. The van der Waals surface area contributed by atoms with Gasteiger partial charge in [-0.2, -0.15) is 4.72 Å². The number of nitrogens with one attached hydrogen (secondary N) is 2. The van der Waals surface area contributed by atoms with Gasteiger partial charge in [0.25, 0.3) is 5.91 Å². The molecule has 31 heavy (non-hydrogen) atoms. The lowest BCUT2D eigenvalue weighted by Crippen LogP contribution is -2.56. The fraction of sp³-hybridized carbons (Fsp3) is 0.208. The maximum atomic E-state index is 13.6. The van der Waals surface area contributed by atoms with Crippen LogP contribution in [0.25, 0.3) is 0 Å². The van der Waals surface area contributed by atoms with Crippen LogP contribution in [0.1, 0.15) is 22.7 Å². The quantitative estimate of drug-likeness (QED) is 0.665. The molecule has 1 amide bonds. The Hall–Kier alpha value is -3.16. The van der Waals surface area contributed by atoms with Crippen LogP contribution in [-0.2, 0) is 27.7 Å². The Kier molecular flexibility index (Phi) is 5.00. The van der Waals surface area contributed by atoms with E-state index in [-0.39, 0.29) is 16.8 Å². The van der Waals surface area contributed by atoms with Crippen LogP contribution in [0.5, 0.6) is 0 Å². The van der Waals surface area contributed by atoms with Gasteiger partial charge in [0.2, 0.25) is 10.0 Å². The molecule has 0 fully saturated rings. The second-order valence-electron chi connectivity index (χ2n) is 7.88. The van der Waals surface area contributed by atoms with Crippen LogP contribution in [0.4, 0.5) is 5.69 Å². The van der Waals surface area contributed by atoms with Crippen molar-refractivity contribution in [3.8, 4) is 0 Å². The SMILES string of the molecule is O=C(C1Nc2ccccc2S(=O)(=O)N1)N1CCc2ccccc2C1Cc1ccccc1. The van der Waals surface area contributed by atoms with Crippen LogP contribution in [0.3, 0.4) is 0 Å². The molecule has 2 atom stereocenters. The van der Waals surface area contributed by atoms with Crippen molar-refractivity contribution in [2.45, 2.75) is 29.9 Å². The smallest absolute Gasteiger partial charge is 0.261 e. The topological polar surface area (TPSA) is 78.5 Å². The van der Waals surface area contributed by atoms with E-state index in [1.165, 1.54) is 11.6 Å². The van der Waals surface area contributed by atoms with Crippen molar-refractivity contribution in [1.29, 1.82) is 0 Å². The van der Waals surface area contributed by atoms with E-state index >= 15 is 0 Å². The molecule has 158 valence electrons. The first-order valence-corrected chi connectivity index (χ1v) is 11.8. The van der Waals surface area contributed by atoms with Gasteiger partial charge in [0.1, 0.15) is 4.90 Å². The van der Waals surface area contributed by atoms with Crippen LogP contribution in [0, 0.1) is 0 Å². The molecule has 0 saturated heterocycles. The highest BCUT2D eigenvalue weighted by Gasteiger charge is 2.39. The Morgan fingerprint density at radius 1 is 0.935 bits per heavy atom. The molecule has 0 aromatic heterocycles. The summed E-state index contributed by atoms with van der Waals surface area (Å²) in [5, 5.41) is 3.08. The summed E-state index contributed by atoms with van der Waals surface area (Å²) < 4.78 is 28.0. The Balaban J connectivity index is 1.49. The molecule has 2 heterocycles. The number of sulfonamides is 1. The minimum atomic E-state index is -3.77. The fourth-order valence-corrected chi connectivity index (χ4v) is 5.75. The number of hydrogen-bond acceptors (Lipinski definition) is 4. The highest BCUT2D eigenvalue weighted by Crippen LogP contribution is 2.34. The average molecular weight is 434 g/mol. The zero-order valence-corrected chi connectivity index (χ0v) is 17.7. The molecule has 5 rings (SSSR count). The highest BCUT2D eigenvalue weighted by molar-refractivity contribution is 7.89. The molecule has 6 nitrogen and oxygen atoms in total. The standard InChI is InChI=1S/C24H23N3O3S/c28-24(23-25-20-12-6-7-13-22(20)31(29,30)26-23)27-15-14-18-10-4-5-11-19(18)21(27)16-17-8-2-1-3-9-17/h1-13,21,23,25-26H,14-16H2. The van der Waals surface area contributed by atoms with Crippen LogP contribution < -0.4 is 10.0 Å². The van der Waals surface area contributed by atoms with Crippen molar-refractivity contribution in [1.82, 2.24) is 9.62 Å². The molecule has 0 bridgehead atoms. The summed E-state index contributed by atoms with van der Waals surface area (Å²) >= 11 is 0. The summed E-state index contributed by atoms with van der Waals surface area (Å²) in [6, 6.07) is 24.7. The number of amides is 1. The van der Waals surface area contributed by atoms with Crippen molar-refractivity contribution in [2.24, 2.45) is 0 Å². The van der Waals surface area contributed by atoms with Gasteiger partial charge in [-0.15, -0.1) is 0 Å². The molecule has 0 spiro atoms. The second-order valence-corrected chi connectivity index (χ2v) is 9.56. The molecule has 2 aliphatic rings. The van der Waals surface area contributed by atoms with Gasteiger partial charge in [0, 0.05) is 6.54 Å². The Bertz CT molecular complexity index is 1230. The van der Waals surface area contributed by atoms with Crippen molar-refractivity contribution >= 4 is 21.6 Å². The first-order valence-electron chi connectivity index (χ1n) is 10.3. The largest absolute Gasteiger partial charge is 0.360 e. The van der Waals surface area contributed by atoms with Gasteiger partial charge >= 0.3 is 0 Å². The molecular formula is C24H23N3O3S. The summed E-state index contributed by atoms with van der Waals surface area (Å²) in [4.78, 5) is 15.6. The number of carbonyl (C=O) groups excluding carboxylic acids is 1. The molecule has 7 heteroatoms. The summed E-state index contributed by atoms with van der Waals surface area (Å²) in [5.41, 5.74) is 3.92. The number of rotatable bonds is 3. The maximum absolute atomic E-state index is 13.6. The summed E-state index contributed by atoms with van der Waals surface area (Å²) in [6.07, 6.45) is 0.367. The van der Waals surface area contributed by atoms with E-state index in [4.69, 9.17) is 0 Å². The second kappa shape index (κ2) is 7.83. The highest BCUT2D eigenvalue weighted by atomic mass is 32.2. The Morgan fingerprint density at radius 2 is 1.65 bits per heavy atom. The number of benzene rings is 3. The molecule has 0 radical (unpaired) electrons. The molecule has 0 aliphatic carbocycles. The van der Waals surface area contributed by atoms with Crippen molar-refractivity contribution in [3.05, 3.63) is 95.6 Å². The van der Waals surface area contributed by atoms with Crippen LogP contribution in [-0.4, -0.2) is 31.9 Å². The van der Waals surface area contributed by atoms with Crippen LogP contribution in [0.2, 0.25) is 0 Å². The first-order chi connectivity index (χ1) is 15.0. The van der Waals surface area contributed by atoms with E-state index in [2.05, 4.69) is 34.3 Å². The summed E-state index contributed by atoms with van der Waals surface area (Å²) in [5.74, 6) is -0.270. The lowest BCUT2D eigenvalue weighted by Gasteiger charge is -2.40. The van der Waals surface area contributed by atoms with Gasteiger partial charge in [-0.05, 0) is 41.7 Å². The first kappa shape index (κ1) is 19.8. The maximum Gasteiger partial charge on any atom is 0.261 e. The minimum Gasteiger partial charge on any atom is -0.360 e. The monoisotopic (exact) mass is 433 g/mol. The average Bonchev–Trinajstić information content (AvgIpc) is 2.79. The lowest BCUT2D eigenvalue weighted by molar-refractivity contribution is -0.135. The van der Waals surface area contributed by atoms with Crippen LogP contribution >= 0.6 is 0 Å². The zero-order valence-electron chi connectivity index (χ0n) is 16.9. The Labute approximate surface area is 182 Å². The molecular weight excluding hydrogens is 410 g/mol. The van der Waals surface area contributed by atoms with E-state index in [1.807, 2.05) is 35.2 Å². The van der Waals surface area contributed by atoms with E-state index in [9.17, 15) is 13.2 Å². The molecule has 2 N–H and O–H groups in total. The molecule has 3 aromatic carbocycles. The molecule has 3 aromatic rings. The number of nitrogens with zero attached hydrogens (tertiary/aromatic N) is 1. The number of carbonyl (C=O) groups is 1. The predicted octanol–water partition coefficient (Wildman–Crippen LogP) is 3.09. The minimum absolute atomic E-state index is 0.156. The molecule has 0 saturated carbocycles. The van der Waals surface area contributed by atoms with Gasteiger partial charge in [0.05, 0.1) is 11.7 Å². The third-order valence-electron chi connectivity index (χ3n) is 5.96. The summed E-state index contributed by atoms with van der Waals surface area (Å²) in [7, 11) is -3.77.